The molecule has 0 rings (SSSR count). The van der Waals surface area contributed by atoms with E-state index < -0.39 is 24.3 Å². The van der Waals surface area contributed by atoms with Crippen molar-refractivity contribution < 1.29 is 19.8 Å². The fraction of sp³-hybridized carbons (Fsp3) is 0.800. The summed E-state index contributed by atoms with van der Waals surface area (Å²) in [6.45, 7) is 0.295. The summed E-state index contributed by atoms with van der Waals surface area (Å²) in [7, 11) is 0. The van der Waals surface area contributed by atoms with Gasteiger partial charge in [0.25, 0.3) is 0 Å². The summed E-state index contributed by atoms with van der Waals surface area (Å²) in [6, 6.07) is -0.991. The SMILES string of the molecule is O=C(NCCCl)NC[C@@H](O)[C@@H](O)CNC(=O)NCCCl. The Hall–Kier alpha value is -0.960. The van der Waals surface area contributed by atoms with Crippen LogP contribution in [0.25, 0.3) is 0 Å². The van der Waals surface area contributed by atoms with Crippen LogP contribution in [0.1, 0.15) is 0 Å². The average Bonchev–Trinajstić information content (AvgIpc) is 2.45. The largest absolute Gasteiger partial charge is 0.389 e. The van der Waals surface area contributed by atoms with Gasteiger partial charge in [-0.25, -0.2) is 9.59 Å². The lowest BCUT2D eigenvalue weighted by Gasteiger charge is -2.19. The molecule has 0 bridgehead atoms. The molecule has 8 nitrogen and oxygen atoms in total. The maximum absolute atomic E-state index is 11.1. The van der Waals surface area contributed by atoms with E-state index in [2.05, 4.69) is 21.3 Å². The van der Waals surface area contributed by atoms with E-state index in [0.29, 0.717) is 13.1 Å². The zero-order valence-electron chi connectivity index (χ0n) is 10.9. The van der Waals surface area contributed by atoms with Gasteiger partial charge in [-0.15, -0.1) is 23.2 Å². The van der Waals surface area contributed by atoms with Crippen LogP contribution in [-0.4, -0.2) is 72.4 Å². The van der Waals surface area contributed by atoms with Gasteiger partial charge in [0.05, 0.1) is 12.2 Å². The molecule has 0 unspecified atom stereocenters. The third-order valence-electron chi connectivity index (χ3n) is 2.15. The predicted octanol–water partition coefficient (Wildman–Crippen LogP) is -1.22. The average molecular weight is 331 g/mol. The van der Waals surface area contributed by atoms with Crippen LogP contribution in [0.2, 0.25) is 0 Å². The Balaban J connectivity index is 3.77. The number of hydrogen-bond donors (Lipinski definition) is 6. The van der Waals surface area contributed by atoms with E-state index >= 15 is 0 Å². The summed E-state index contributed by atoms with van der Waals surface area (Å²) < 4.78 is 0. The minimum atomic E-state index is -1.20. The molecule has 0 spiro atoms. The van der Waals surface area contributed by atoms with Crippen molar-refractivity contribution in [1.29, 1.82) is 0 Å². The maximum atomic E-state index is 11.1. The second-order valence-corrected chi connectivity index (χ2v) is 4.54. The minimum absolute atomic E-state index is 0.153. The first-order chi connectivity index (χ1) is 9.51. The molecular formula is C10H20Cl2N4O4. The van der Waals surface area contributed by atoms with Crippen molar-refractivity contribution in [3.8, 4) is 0 Å². The second-order valence-electron chi connectivity index (χ2n) is 3.79. The number of amides is 4. The van der Waals surface area contributed by atoms with Crippen molar-refractivity contribution in [2.24, 2.45) is 0 Å². The Morgan fingerprint density at radius 2 is 1.15 bits per heavy atom. The molecule has 0 aliphatic heterocycles. The molecule has 0 saturated heterocycles. The lowest BCUT2D eigenvalue weighted by molar-refractivity contribution is 0.0239. The van der Waals surface area contributed by atoms with E-state index in [-0.39, 0.29) is 24.8 Å². The Morgan fingerprint density at radius 3 is 1.45 bits per heavy atom. The van der Waals surface area contributed by atoms with Crippen LogP contribution in [0.15, 0.2) is 0 Å². The third-order valence-corrected chi connectivity index (χ3v) is 2.53. The maximum Gasteiger partial charge on any atom is 0.314 e. The number of aliphatic hydroxyl groups is 2. The summed E-state index contributed by atoms with van der Waals surface area (Å²) in [4.78, 5) is 22.3. The van der Waals surface area contributed by atoms with Crippen molar-refractivity contribution in [2.75, 3.05) is 37.9 Å². The number of rotatable bonds is 9. The summed E-state index contributed by atoms with van der Waals surface area (Å²) in [5, 5.41) is 28.7. The first-order valence-corrected chi connectivity index (χ1v) is 7.09. The van der Waals surface area contributed by atoms with E-state index in [4.69, 9.17) is 23.2 Å². The highest BCUT2D eigenvalue weighted by atomic mass is 35.5. The van der Waals surface area contributed by atoms with E-state index in [0.717, 1.165) is 0 Å². The highest BCUT2D eigenvalue weighted by Crippen LogP contribution is 1.91. The summed E-state index contributed by atoms with van der Waals surface area (Å²) in [5.74, 6) is 0.555. The number of halogens is 2. The number of carbonyl (C=O) groups is 2. The lowest BCUT2D eigenvalue weighted by Crippen LogP contribution is -2.48. The van der Waals surface area contributed by atoms with Gasteiger partial charge in [0.15, 0.2) is 0 Å². The van der Waals surface area contributed by atoms with Gasteiger partial charge in [-0.1, -0.05) is 0 Å². The van der Waals surface area contributed by atoms with Crippen LogP contribution in [0, 0.1) is 0 Å². The quantitative estimate of drug-likeness (QED) is 0.297. The van der Waals surface area contributed by atoms with Gasteiger partial charge in [0.1, 0.15) is 0 Å². The van der Waals surface area contributed by atoms with Crippen LogP contribution < -0.4 is 21.3 Å². The molecule has 0 aromatic carbocycles. The van der Waals surface area contributed by atoms with Gasteiger partial charge < -0.3 is 31.5 Å². The molecule has 4 amide bonds. The number of nitrogens with one attached hydrogen (secondary N) is 4. The number of carbonyl (C=O) groups excluding carboxylic acids is 2. The normalized spacial score (nSPS) is 13.2. The molecule has 0 aliphatic carbocycles. The molecule has 118 valence electrons. The molecule has 6 N–H and O–H groups in total. The molecule has 0 fully saturated rings. The summed E-state index contributed by atoms with van der Waals surface area (Å²) in [6.07, 6.45) is -2.41. The molecular weight excluding hydrogens is 311 g/mol. The van der Waals surface area contributed by atoms with Gasteiger partial charge in [-0.2, -0.15) is 0 Å². The van der Waals surface area contributed by atoms with Crippen LogP contribution in [0.4, 0.5) is 9.59 Å². The topological polar surface area (TPSA) is 123 Å². The Bertz CT molecular complexity index is 268. The highest BCUT2D eigenvalue weighted by Gasteiger charge is 2.17. The summed E-state index contributed by atoms with van der Waals surface area (Å²) >= 11 is 10.8. The first kappa shape index (κ1) is 19.0. The Morgan fingerprint density at radius 1 is 0.800 bits per heavy atom. The predicted molar refractivity (Wildman–Crippen MR) is 76.3 cm³/mol. The molecule has 0 aliphatic rings. The fourth-order valence-electron chi connectivity index (χ4n) is 1.11. The third kappa shape index (κ3) is 9.90. The van der Waals surface area contributed by atoms with Gasteiger partial charge in [0.2, 0.25) is 0 Å². The number of alkyl halides is 2. The van der Waals surface area contributed by atoms with Gasteiger partial charge in [-0.05, 0) is 0 Å². The van der Waals surface area contributed by atoms with Crippen LogP contribution in [0.5, 0.6) is 0 Å². The van der Waals surface area contributed by atoms with Crippen LogP contribution >= 0.6 is 23.2 Å². The van der Waals surface area contributed by atoms with Crippen molar-refractivity contribution in [1.82, 2.24) is 21.3 Å². The van der Waals surface area contributed by atoms with Crippen molar-refractivity contribution in [2.45, 2.75) is 12.2 Å². The van der Waals surface area contributed by atoms with Crippen LogP contribution in [-0.2, 0) is 0 Å². The monoisotopic (exact) mass is 330 g/mol. The van der Waals surface area contributed by atoms with E-state index in [9.17, 15) is 19.8 Å². The van der Waals surface area contributed by atoms with Gasteiger partial charge >= 0.3 is 12.1 Å². The lowest BCUT2D eigenvalue weighted by atomic mass is 10.2. The molecule has 2 atom stereocenters. The van der Waals surface area contributed by atoms with E-state index in [1.165, 1.54) is 0 Å². The molecule has 0 aromatic rings. The van der Waals surface area contributed by atoms with Gasteiger partial charge in [-0.3, -0.25) is 0 Å². The molecule has 0 radical (unpaired) electrons. The Labute approximate surface area is 127 Å². The zero-order chi connectivity index (χ0) is 15.4. The summed E-state index contributed by atoms with van der Waals surface area (Å²) in [5.41, 5.74) is 0. The van der Waals surface area contributed by atoms with Crippen molar-refractivity contribution in [3.63, 3.8) is 0 Å². The molecule has 0 heterocycles. The number of hydrogen-bond acceptors (Lipinski definition) is 4. The molecule has 0 aromatic heterocycles. The highest BCUT2D eigenvalue weighted by molar-refractivity contribution is 6.18. The number of urea groups is 2. The molecule has 20 heavy (non-hydrogen) atoms. The van der Waals surface area contributed by atoms with E-state index in [1.807, 2.05) is 0 Å². The molecule has 0 saturated carbocycles. The molecule has 10 heteroatoms. The second kappa shape index (κ2) is 11.8. The number of aliphatic hydroxyl groups excluding tert-OH is 2. The zero-order valence-corrected chi connectivity index (χ0v) is 12.4. The fourth-order valence-corrected chi connectivity index (χ4v) is 1.30. The minimum Gasteiger partial charge on any atom is -0.389 e. The smallest absolute Gasteiger partial charge is 0.314 e. The van der Waals surface area contributed by atoms with Crippen molar-refractivity contribution >= 4 is 35.3 Å². The van der Waals surface area contributed by atoms with Crippen molar-refractivity contribution in [3.05, 3.63) is 0 Å². The first-order valence-electron chi connectivity index (χ1n) is 6.02. The van der Waals surface area contributed by atoms with Gasteiger partial charge in [0, 0.05) is 37.9 Å². The standard InChI is InChI=1S/C10H20Cl2N4O4/c11-1-3-13-9(19)15-5-7(17)8(18)6-16-10(20)14-4-2-12/h7-8,17-18H,1-6H2,(H2,13,15,19)(H2,14,16,20)/t7-,8+. The van der Waals surface area contributed by atoms with Crippen LogP contribution in [0.3, 0.4) is 0 Å². The Kier molecular flexibility index (Phi) is 11.3. The van der Waals surface area contributed by atoms with E-state index in [1.54, 1.807) is 0 Å².